The van der Waals surface area contributed by atoms with Gasteiger partial charge < -0.3 is 14.8 Å². The molecule has 0 aliphatic heterocycles. The Labute approximate surface area is 160 Å². The van der Waals surface area contributed by atoms with Crippen molar-refractivity contribution in [3.05, 3.63) is 77.8 Å². The third-order valence-electron chi connectivity index (χ3n) is 4.38. The summed E-state index contributed by atoms with van der Waals surface area (Å²) in [5.74, 6) is 0.147. The molecule has 0 amide bonds. The van der Waals surface area contributed by atoms with Gasteiger partial charge in [0.2, 0.25) is 11.6 Å². The van der Waals surface area contributed by atoms with Crippen molar-refractivity contribution in [2.24, 2.45) is 0 Å². The van der Waals surface area contributed by atoms with E-state index in [2.05, 4.69) is 20.5 Å². The number of hydrogen-bond donors (Lipinski definition) is 2. The van der Waals surface area contributed by atoms with Gasteiger partial charge in [-0.2, -0.15) is 0 Å². The molecule has 2 aromatic heterocycles. The van der Waals surface area contributed by atoms with Gasteiger partial charge in [-0.05, 0) is 34.2 Å². The number of ether oxygens (including phenoxy) is 1. The van der Waals surface area contributed by atoms with E-state index in [0.717, 1.165) is 28.3 Å². The molecule has 0 radical (unpaired) electrons. The van der Waals surface area contributed by atoms with Crippen molar-refractivity contribution >= 4 is 22.4 Å². The number of methoxy groups -OCH3 is 1. The van der Waals surface area contributed by atoms with Crippen LogP contribution in [0.5, 0.6) is 5.75 Å². The number of H-pyrrole nitrogens is 1. The molecule has 0 aliphatic carbocycles. The summed E-state index contributed by atoms with van der Waals surface area (Å²) in [6, 6.07) is 14.9. The number of ketones is 1. The van der Waals surface area contributed by atoms with Crippen LogP contribution in [-0.4, -0.2) is 43.2 Å². The van der Waals surface area contributed by atoms with Gasteiger partial charge in [0.15, 0.2) is 0 Å². The average Bonchev–Trinajstić information content (AvgIpc) is 3.35. The molecule has 4 aromatic rings. The van der Waals surface area contributed by atoms with Crippen molar-refractivity contribution < 1.29 is 14.6 Å². The molecular formula is C20H17N5O3. The maximum atomic E-state index is 12.6. The van der Waals surface area contributed by atoms with Crippen LogP contribution in [0.25, 0.3) is 16.7 Å². The van der Waals surface area contributed by atoms with Crippen LogP contribution in [0.3, 0.4) is 0 Å². The van der Waals surface area contributed by atoms with E-state index in [1.54, 1.807) is 13.3 Å². The van der Waals surface area contributed by atoms with Gasteiger partial charge in [-0.25, -0.2) is 4.68 Å². The Morgan fingerprint density at radius 2 is 2.00 bits per heavy atom. The third-order valence-corrected chi connectivity index (χ3v) is 4.38. The average molecular weight is 375 g/mol. The van der Waals surface area contributed by atoms with Crippen LogP contribution in [0.2, 0.25) is 0 Å². The molecule has 0 saturated heterocycles. The Morgan fingerprint density at radius 1 is 1.21 bits per heavy atom. The summed E-state index contributed by atoms with van der Waals surface area (Å²) in [4.78, 5) is 15.7. The Balaban J connectivity index is 1.58. The number of rotatable bonds is 6. The number of allylic oxidation sites excluding steroid dienone is 1. The quantitative estimate of drug-likeness (QED) is 0.305. The van der Waals surface area contributed by atoms with E-state index in [-0.39, 0.29) is 11.6 Å². The zero-order valence-electron chi connectivity index (χ0n) is 15.0. The minimum Gasteiger partial charge on any atom is -0.507 e. The second-order valence-electron chi connectivity index (χ2n) is 6.15. The number of carbonyl (C=O) groups is 1. The maximum absolute atomic E-state index is 12.6. The summed E-state index contributed by atoms with van der Waals surface area (Å²) in [6.45, 7) is 0.319. The number of tetrazole rings is 1. The van der Waals surface area contributed by atoms with E-state index in [1.165, 1.54) is 4.68 Å². The van der Waals surface area contributed by atoms with Crippen LogP contribution < -0.4 is 4.74 Å². The number of aliphatic hydroxyl groups is 1. The van der Waals surface area contributed by atoms with Gasteiger partial charge in [-0.3, -0.25) is 4.79 Å². The Morgan fingerprint density at radius 3 is 2.79 bits per heavy atom. The zero-order valence-corrected chi connectivity index (χ0v) is 15.0. The monoisotopic (exact) mass is 375 g/mol. The molecule has 0 atom stereocenters. The highest BCUT2D eigenvalue weighted by Crippen LogP contribution is 2.23. The van der Waals surface area contributed by atoms with Gasteiger partial charge in [0.25, 0.3) is 0 Å². The maximum Gasteiger partial charge on any atom is 0.228 e. The van der Waals surface area contributed by atoms with Crippen molar-refractivity contribution in [2.75, 3.05) is 7.11 Å². The molecule has 0 fully saturated rings. The molecule has 0 aliphatic rings. The number of hydrogen-bond acceptors (Lipinski definition) is 6. The van der Waals surface area contributed by atoms with Gasteiger partial charge in [-0.15, -0.1) is 5.10 Å². The zero-order chi connectivity index (χ0) is 19.5. The van der Waals surface area contributed by atoms with E-state index in [1.807, 2.05) is 48.5 Å². The Kier molecular flexibility index (Phi) is 4.59. The van der Waals surface area contributed by atoms with Crippen LogP contribution in [0, 0.1) is 0 Å². The van der Waals surface area contributed by atoms with Crippen molar-refractivity contribution in [1.82, 2.24) is 25.2 Å². The molecule has 4 rings (SSSR count). The highest BCUT2D eigenvalue weighted by atomic mass is 16.5. The lowest BCUT2D eigenvalue weighted by Gasteiger charge is -2.05. The molecule has 2 heterocycles. The molecule has 0 saturated carbocycles. The Hall–Kier alpha value is -3.94. The fourth-order valence-corrected chi connectivity index (χ4v) is 2.94. The lowest BCUT2D eigenvalue weighted by Crippen LogP contribution is -2.11. The topological polar surface area (TPSA) is 106 Å². The highest BCUT2D eigenvalue weighted by Gasteiger charge is 2.16. The van der Waals surface area contributed by atoms with Crippen molar-refractivity contribution in [2.45, 2.75) is 6.54 Å². The number of benzene rings is 2. The summed E-state index contributed by atoms with van der Waals surface area (Å²) in [5, 5.41) is 22.5. The van der Waals surface area contributed by atoms with Crippen LogP contribution in [0.15, 0.2) is 60.8 Å². The van der Waals surface area contributed by atoms with Crippen LogP contribution >= 0.6 is 0 Å². The molecular weight excluding hydrogens is 358 g/mol. The molecule has 0 bridgehead atoms. The largest absolute Gasteiger partial charge is 0.507 e. The van der Waals surface area contributed by atoms with E-state index < -0.39 is 5.78 Å². The van der Waals surface area contributed by atoms with Crippen LogP contribution in [0.4, 0.5) is 0 Å². The predicted molar refractivity (Wildman–Crippen MR) is 103 cm³/mol. The van der Waals surface area contributed by atoms with Gasteiger partial charge in [0.05, 0.1) is 13.7 Å². The first-order chi connectivity index (χ1) is 13.7. The van der Waals surface area contributed by atoms with Crippen molar-refractivity contribution in [3.8, 4) is 5.75 Å². The first kappa shape index (κ1) is 17.5. The van der Waals surface area contributed by atoms with Crippen molar-refractivity contribution in [1.29, 1.82) is 0 Å². The lowest BCUT2D eigenvalue weighted by molar-refractivity contribution is 0.103. The standard InChI is InChI=1S/C20H17N5O3/c1-28-14-8-6-13(7-9-14)12-25-20(22-23-24-25)19(27)10-18(26)16-11-21-17-5-3-2-4-15(16)17/h2-11,21,26H,12H2,1H3/b18-10-. The van der Waals surface area contributed by atoms with Gasteiger partial charge in [0.1, 0.15) is 11.5 Å². The molecule has 0 spiro atoms. The minimum atomic E-state index is -0.485. The molecule has 28 heavy (non-hydrogen) atoms. The number of aliphatic hydroxyl groups excluding tert-OH is 1. The van der Waals surface area contributed by atoms with Gasteiger partial charge in [0, 0.05) is 28.7 Å². The summed E-state index contributed by atoms with van der Waals surface area (Å²) in [7, 11) is 1.60. The first-order valence-corrected chi connectivity index (χ1v) is 8.56. The fraction of sp³-hybridized carbons (Fsp3) is 0.100. The number of fused-ring (bicyclic) bond motifs is 1. The van der Waals surface area contributed by atoms with Crippen LogP contribution in [0.1, 0.15) is 21.7 Å². The van der Waals surface area contributed by atoms with E-state index in [4.69, 9.17) is 4.74 Å². The summed E-state index contributed by atoms with van der Waals surface area (Å²) >= 11 is 0. The fourth-order valence-electron chi connectivity index (χ4n) is 2.94. The number of carbonyl (C=O) groups excluding carboxylic acids is 1. The molecule has 0 unspecified atom stereocenters. The van der Waals surface area contributed by atoms with Crippen molar-refractivity contribution in [3.63, 3.8) is 0 Å². The molecule has 8 heteroatoms. The molecule has 2 aromatic carbocycles. The number of aromatic amines is 1. The van der Waals surface area contributed by atoms with E-state index >= 15 is 0 Å². The van der Waals surface area contributed by atoms with E-state index in [9.17, 15) is 9.90 Å². The first-order valence-electron chi connectivity index (χ1n) is 8.56. The summed E-state index contributed by atoms with van der Waals surface area (Å²) in [5.41, 5.74) is 2.32. The number of aromatic nitrogens is 5. The van der Waals surface area contributed by atoms with Gasteiger partial charge >= 0.3 is 0 Å². The molecule has 140 valence electrons. The van der Waals surface area contributed by atoms with Crippen LogP contribution in [-0.2, 0) is 6.54 Å². The number of para-hydroxylation sites is 1. The summed E-state index contributed by atoms with van der Waals surface area (Å²) < 4.78 is 6.53. The second kappa shape index (κ2) is 7.36. The summed E-state index contributed by atoms with van der Waals surface area (Å²) in [6.07, 6.45) is 2.79. The normalized spacial score (nSPS) is 11.7. The SMILES string of the molecule is COc1ccc(Cn2nnnc2C(=O)/C=C(\O)c2c[nH]c3ccccc23)cc1. The number of nitrogens with zero attached hydrogens (tertiary/aromatic N) is 4. The lowest BCUT2D eigenvalue weighted by atomic mass is 10.1. The van der Waals surface area contributed by atoms with Gasteiger partial charge in [-0.1, -0.05) is 30.3 Å². The smallest absolute Gasteiger partial charge is 0.228 e. The predicted octanol–water partition coefficient (Wildman–Crippen LogP) is 2.99. The Bertz CT molecular complexity index is 1160. The molecule has 8 nitrogen and oxygen atoms in total. The second-order valence-corrected chi connectivity index (χ2v) is 6.15. The number of nitrogens with one attached hydrogen (secondary N) is 1. The third kappa shape index (κ3) is 3.35. The molecule has 2 N–H and O–H groups in total. The minimum absolute atomic E-state index is 0.0437. The van der Waals surface area contributed by atoms with E-state index in [0.29, 0.717) is 12.1 Å². The highest BCUT2D eigenvalue weighted by molar-refractivity contribution is 6.07.